The van der Waals surface area contributed by atoms with Gasteiger partial charge >= 0.3 is 5.97 Å². The fraction of sp³-hybridized carbons (Fsp3) is 0.333. The quantitative estimate of drug-likeness (QED) is 0.256. The van der Waals surface area contributed by atoms with Gasteiger partial charge in [0.2, 0.25) is 0 Å². The molecule has 1 aliphatic rings. The summed E-state index contributed by atoms with van der Waals surface area (Å²) in [6, 6.07) is 22.0. The van der Waals surface area contributed by atoms with Crippen molar-refractivity contribution < 1.29 is 19.4 Å². The molecule has 0 spiro atoms. The van der Waals surface area contributed by atoms with Gasteiger partial charge in [-0.05, 0) is 99.4 Å². The molecule has 202 valence electrons. The van der Waals surface area contributed by atoms with Crippen LogP contribution in [0, 0.1) is 6.92 Å². The number of carboxylic acids is 1. The molecule has 0 bridgehead atoms. The molecule has 1 saturated carbocycles. The number of benzene rings is 3. The summed E-state index contributed by atoms with van der Waals surface area (Å²) >= 11 is 0. The number of ether oxygens (including phenoxy) is 1. The number of aliphatic carboxylic acids is 1. The van der Waals surface area contributed by atoms with E-state index in [-0.39, 0.29) is 11.9 Å². The molecule has 0 unspecified atom stereocenters. The van der Waals surface area contributed by atoms with E-state index in [1.165, 1.54) is 37.8 Å². The Hall–Kier alpha value is -4.06. The summed E-state index contributed by atoms with van der Waals surface area (Å²) in [7, 11) is 2.02. The summed E-state index contributed by atoms with van der Waals surface area (Å²) < 4.78 is 7.86. The van der Waals surface area contributed by atoms with Crippen molar-refractivity contribution in [2.45, 2.75) is 64.5 Å². The zero-order valence-corrected chi connectivity index (χ0v) is 23.2. The van der Waals surface area contributed by atoms with Crippen molar-refractivity contribution >= 4 is 22.8 Å². The van der Waals surface area contributed by atoms with Gasteiger partial charge in [-0.2, -0.15) is 0 Å². The summed E-state index contributed by atoms with van der Waals surface area (Å²) in [6.07, 6.45) is 3.22. The van der Waals surface area contributed by atoms with E-state index in [4.69, 9.17) is 4.74 Å². The van der Waals surface area contributed by atoms with Crippen LogP contribution in [0.2, 0.25) is 0 Å². The second kappa shape index (κ2) is 10.3. The van der Waals surface area contributed by atoms with E-state index in [1.54, 1.807) is 6.07 Å². The number of carboxylic acid groups (broad SMARTS) is 1. The van der Waals surface area contributed by atoms with Gasteiger partial charge in [0.25, 0.3) is 5.91 Å². The molecule has 6 heteroatoms. The summed E-state index contributed by atoms with van der Waals surface area (Å²) in [5.74, 6) is 0.129. The minimum absolute atomic E-state index is 0.0900. The van der Waals surface area contributed by atoms with Gasteiger partial charge < -0.3 is 19.7 Å². The first-order chi connectivity index (χ1) is 18.5. The monoisotopic (exact) mass is 524 g/mol. The third kappa shape index (κ3) is 5.56. The lowest BCUT2D eigenvalue weighted by Gasteiger charge is -2.21. The van der Waals surface area contributed by atoms with Crippen LogP contribution in [0.1, 0.15) is 83.9 Å². The minimum atomic E-state index is -1.32. The van der Waals surface area contributed by atoms with Crippen molar-refractivity contribution in [2.24, 2.45) is 7.05 Å². The predicted molar refractivity (Wildman–Crippen MR) is 154 cm³/mol. The number of carbonyl (C=O) groups excluding carboxylic acids is 1. The van der Waals surface area contributed by atoms with Crippen LogP contribution in [0.15, 0.2) is 66.7 Å². The van der Waals surface area contributed by atoms with E-state index >= 15 is 0 Å². The fourth-order valence-corrected chi connectivity index (χ4v) is 5.10. The van der Waals surface area contributed by atoms with E-state index in [0.29, 0.717) is 17.7 Å². The van der Waals surface area contributed by atoms with Crippen molar-refractivity contribution in [1.29, 1.82) is 0 Å². The Morgan fingerprint density at radius 1 is 1.08 bits per heavy atom. The lowest BCUT2D eigenvalue weighted by atomic mass is 10.0. The van der Waals surface area contributed by atoms with Crippen molar-refractivity contribution in [3.8, 4) is 5.75 Å². The maximum Gasteiger partial charge on any atom is 0.347 e. The average molecular weight is 525 g/mol. The van der Waals surface area contributed by atoms with E-state index in [1.807, 2.05) is 50.4 Å². The number of aryl methyl sites for hydroxylation is 1. The van der Waals surface area contributed by atoms with Crippen LogP contribution >= 0.6 is 0 Å². The lowest BCUT2D eigenvalue weighted by molar-refractivity contribution is -0.152. The molecule has 5 rings (SSSR count). The minimum Gasteiger partial charge on any atom is -0.478 e. The molecule has 0 radical (unpaired) electrons. The molecule has 1 aromatic heterocycles. The zero-order chi connectivity index (χ0) is 27.9. The number of carbonyl (C=O) groups is 2. The summed E-state index contributed by atoms with van der Waals surface area (Å²) in [5.41, 5.74) is 6.10. The predicted octanol–water partition coefficient (Wildman–Crippen LogP) is 6.69. The molecule has 3 aromatic carbocycles. The standard InChI is InChI=1S/C33H36N2O4/c1-20(23-9-11-24(12-10-23)25-13-14-25)34-31(36)26-15-16-28-29(21(2)35(5)30(28)19-26)18-22-7-6-8-27(17-22)39-33(3,4)32(37)38/h6-12,15-17,19-20,25H,13-14,18H2,1-5H3,(H,34,36)(H,37,38)/t20-/m0/s1. The van der Waals surface area contributed by atoms with E-state index < -0.39 is 11.6 Å². The fourth-order valence-electron chi connectivity index (χ4n) is 5.10. The molecular formula is C33H36N2O4. The van der Waals surface area contributed by atoms with Gasteiger partial charge in [0.1, 0.15) is 5.75 Å². The molecule has 39 heavy (non-hydrogen) atoms. The van der Waals surface area contributed by atoms with Crippen LogP contribution in [0.3, 0.4) is 0 Å². The number of rotatable bonds is 9. The third-order valence-corrected chi connectivity index (χ3v) is 7.89. The molecule has 0 saturated heterocycles. The lowest BCUT2D eigenvalue weighted by Crippen LogP contribution is -2.37. The summed E-state index contributed by atoms with van der Waals surface area (Å²) in [6.45, 7) is 7.17. The SMILES string of the molecule is Cc1c(Cc2cccc(OC(C)(C)C(=O)O)c2)c2ccc(C(=O)N[C@@H](C)c3ccc(C4CC4)cc3)cc2n1C. The Balaban J connectivity index is 1.34. The number of nitrogens with zero attached hydrogens (tertiary/aromatic N) is 1. The molecule has 2 N–H and O–H groups in total. The number of fused-ring (bicyclic) bond motifs is 1. The largest absolute Gasteiger partial charge is 0.478 e. The first kappa shape index (κ1) is 26.5. The molecule has 1 heterocycles. The van der Waals surface area contributed by atoms with E-state index in [2.05, 4.69) is 41.1 Å². The van der Waals surface area contributed by atoms with Gasteiger partial charge in [-0.1, -0.05) is 42.5 Å². The van der Waals surface area contributed by atoms with Crippen molar-refractivity contribution in [1.82, 2.24) is 9.88 Å². The maximum absolute atomic E-state index is 13.2. The number of amides is 1. The van der Waals surface area contributed by atoms with Crippen molar-refractivity contribution in [3.05, 3.63) is 100 Å². The summed E-state index contributed by atoms with van der Waals surface area (Å²) in [5, 5.41) is 13.6. The zero-order valence-electron chi connectivity index (χ0n) is 23.2. The Labute approximate surface area is 229 Å². The average Bonchev–Trinajstić information content (AvgIpc) is 3.73. The number of nitrogens with one attached hydrogen (secondary N) is 1. The number of hydrogen-bond donors (Lipinski definition) is 2. The van der Waals surface area contributed by atoms with Crippen LogP contribution in [0.5, 0.6) is 5.75 Å². The maximum atomic E-state index is 13.2. The molecule has 1 atom stereocenters. The Kier molecular flexibility index (Phi) is 6.98. The highest BCUT2D eigenvalue weighted by Crippen LogP contribution is 2.40. The highest BCUT2D eigenvalue weighted by molar-refractivity contribution is 5.99. The van der Waals surface area contributed by atoms with Crippen molar-refractivity contribution in [3.63, 3.8) is 0 Å². The first-order valence-corrected chi connectivity index (χ1v) is 13.5. The topological polar surface area (TPSA) is 80.6 Å². The van der Waals surface area contributed by atoms with E-state index in [9.17, 15) is 14.7 Å². The Morgan fingerprint density at radius 2 is 1.79 bits per heavy atom. The molecule has 1 fully saturated rings. The first-order valence-electron chi connectivity index (χ1n) is 13.5. The van der Waals surface area contributed by atoms with Crippen LogP contribution in [0.25, 0.3) is 10.9 Å². The Bertz CT molecular complexity index is 1540. The van der Waals surface area contributed by atoms with Gasteiger partial charge in [-0.25, -0.2) is 4.79 Å². The van der Waals surface area contributed by atoms with Gasteiger partial charge in [-0.15, -0.1) is 0 Å². The van der Waals surface area contributed by atoms with Gasteiger partial charge in [0, 0.05) is 29.2 Å². The highest BCUT2D eigenvalue weighted by Gasteiger charge is 2.29. The van der Waals surface area contributed by atoms with Crippen LogP contribution in [-0.4, -0.2) is 27.2 Å². The number of aromatic nitrogens is 1. The van der Waals surface area contributed by atoms with Gasteiger partial charge in [0.15, 0.2) is 5.60 Å². The van der Waals surface area contributed by atoms with Crippen LogP contribution in [-0.2, 0) is 18.3 Å². The van der Waals surface area contributed by atoms with Gasteiger partial charge in [-0.3, -0.25) is 4.79 Å². The van der Waals surface area contributed by atoms with Crippen LogP contribution < -0.4 is 10.1 Å². The molecule has 6 nitrogen and oxygen atoms in total. The third-order valence-electron chi connectivity index (χ3n) is 7.89. The molecular weight excluding hydrogens is 488 g/mol. The normalized spacial score (nSPS) is 14.3. The van der Waals surface area contributed by atoms with Gasteiger partial charge in [0.05, 0.1) is 6.04 Å². The second-order valence-electron chi connectivity index (χ2n) is 11.2. The highest BCUT2D eigenvalue weighted by atomic mass is 16.5. The van der Waals surface area contributed by atoms with Crippen molar-refractivity contribution in [2.75, 3.05) is 0 Å². The smallest absolute Gasteiger partial charge is 0.347 e. The molecule has 1 amide bonds. The molecule has 0 aliphatic heterocycles. The molecule has 1 aliphatic carbocycles. The Morgan fingerprint density at radius 3 is 2.46 bits per heavy atom. The summed E-state index contributed by atoms with van der Waals surface area (Å²) in [4.78, 5) is 24.7. The van der Waals surface area contributed by atoms with E-state index in [0.717, 1.165) is 33.6 Å². The van der Waals surface area contributed by atoms with Crippen LogP contribution in [0.4, 0.5) is 0 Å². The second-order valence-corrected chi connectivity index (χ2v) is 11.2. The number of hydrogen-bond acceptors (Lipinski definition) is 3. The molecule has 4 aromatic rings.